The molecule has 0 fully saturated rings. The molecule has 0 amide bonds. The third-order valence-corrected chi connectivity index (χ3v) is 5.07. The number of aliphatic hydroxyl groups is 2. The molecule has 0 saturated carbocycles. The van der Waals surface area contributed by atoms with E-state index in [1.165, 1.54) is 0 Å². The molecule has 36 heavy (non-hydrogen) atoms. The Morgan fingerprint density at radius 3 is 1.06 bits per heavy atom. The maximum atomic E-state index is 9.42. The van der Waals surface area contributed by atoms with Gasteiger partial charge in [0.25, 0.3) is 0 Å². The van der Waals surface area contributed by atoms with Gasteiger partial charge in [0.2, 0.25) is 0 Å². The van der Waals surface area contributed by atoms with Gasteiger partial charge in [0.15, 0.2) is 23.0 Å². The van der Waals surface area contributed by atoms with Crippen molar-refractivity contribution in [3.63, 3.8) is 0 Å². The van der Waals surface area contributed by atoms with E-state index >= 15 is 0 Å². The van der Waals surface area contributed by atoms with Crippen molar-refractivity contribution in [3.05, 3.63) is 47.5 Å². The molecule has 1 heterocycles. The van der Waals surface area contributed by atoms with Crippen LogP contribution >= 0.6 is 0 Å². The SMILES string of the molecule is OCc1ccc2c(c1)OCCOCCOCCOc1cc(CO)ccc1OCCOCCOCCO2. The average Bonchev–Trinajstić information content (AvgIpc) is 2.91. The van der Waals surface area contributed by atoms with Gasteiger partial charge in [-0.3, -0.25) is 0 Å². The monoisotopic (exact) mass is 508 g/mol. The molecule has 200 valence electrons. The summed E-state index contributed by atoms with van der Waals surface area (Å²) in [5.74, 6) is 2.24. The average molecular weight is 509 g/mol. The molecule has 0 radical (unpaired) electrons. The van der Waals surface area contributed by atoms with Gasteiger partial charge in [0, 0.05) is 0 Å². The summed E-state index contributed by atoms with van der Waals surface area (Å²) < 4.78 is 45.5. The lowest BCUT2D eigenvalue weighted by Crippen LogP contribution is -2.15. The number of fused-ring (bicyclic) bond motifs is 2. The van der Waals surface area contributed by atoms with Gasteiger partial charge in [-0.15, -0.1) is 0 Å². The Kier molecular flexibility index (Phi) is 13.2. The summed E-state index contributed by atoms with van der Waals surface area (Å²) >= 11 is 0. The number of benzene rings is 2. The van der Waals surface area contributed by atoms with Crippen LogP contribution in [0.25, 0.3) is 0 Å². The van der Waals surface area contributed by atoms with Gasteiger partial charge >= 0.3 is 0 Å². The molecular formula is C26H36O10. The van der Waals surface area contributed by atoms with E-state index in [0.29, 0.717) is 102 Å². The van der Waals surface area contributed by atoms with Crippen LogP contribution in [0.3, 0.4) is 0 Å². The summed E-state index contributed by atoms with van der Waals surface area (Å²) in [5, 5.41) is 18.8. The van der Waals surface area contributed by atoms with E-state index in [9.17, 15) is 10.2 Å². The lowest BCUT2D eigenvalue weighted by molar-refractivity contribution is 0.0223. The van der Waals surface area contributed by atoms with Gasteiger partial charge in [0.05, 0.1) is 66.1 Å². The molecule has 0 aromatic heterocycles. The van der Waals surface area contributed by atoms with Crippen molar-refractivity contribution in [2.75, 3.05) is 79.3 Å². The minimum atomic E-state index is -0.0868. The fourth-order valence-electron chi connectivity index (χ4n) is 3.25. The zero-order chi connectivity index (χ0) is 25.3. The molecule has 0 bridgehead atoms. The second kappa shape index (κ2) is 17.0. The second-order valence-electron chi connectivity index (χ2n) is 7.72. The Morgan fingerprint density at radius 2 is 0.722 bits per heavy atom. The predicted molar refractivity (Wildman–Crippen MR) is 130 cm³/mol. The third-order valence-electron chi connectivity index (χ3n) is 5.07. The molecule has 3 rings (SSSR count). The summed E-state index contributed by atoms with van der Waals surface area (Å²) in [7, 11) is 0. The van der Waals surface area contributed by atoms with Gasteiger partial charge in [0.1, 0.15) is 26.4 Å². The zero-order valence-electron chi connectivity index (χ0n) is 20.5. The highest BCUT2D eigenvalue weighted by molar-refractivity contribution is 5.43. The highest BCUT2D eigenvalue weighted by atomic mass is 16.6. The summed E-state index contributed by atoms with van der Waals surface area (Å²) in [5.41, 5.74) is 1.46. The normalized spacial score (nSPS) is 17.6. The largest absolute Gasteiger partial charge is 0.487 e. The number of ether oxygens (including phenoxy) is 8. The highest BCUT2D eigenvalue weighted by Gasteiger charge is 2.09. The Hall–Kier alpha value is -2.60. The summed E-state index contributed by atoms with van der Waals surface area (Å²) in [6.07, 6.45) is 0. The molecule has 1 aliphatic heterocycles. The van der Waals surface area contributed by atoms with Crippen LogP contribution in [0.5, 0.6) is 23.0 Å². The van der Waals surface area contributed by atoms with Crippen LogP contribution in [-0.2, 0) is 32.2 Å². The van der Waals surface area contributed by atoms with Gasteiger partial charge in [-0.2, -0.15) is 0 Å². The van der Waals surface area contributed by atoms with Crippen LogP contribution in [0, 0.1) is 0 Å². The summed E-state index contributed by atoms with van der Waals surface area (Å²) in [6, 6.07) is 10.6. The predicted octanol–water partition coefficient (Wildman–Crippen LogP) is 1.97. The number of hydrogen-bond acceptors (Lipinski definition) is 10. The Labute approximate surface area is 211 Å². The molecule has 0 aliphatic carbocycles. The van der Waals surface area contributed by atoms with Crippen molar-refractivity contribution < 1.29 is 48.1 Å². The maximum Gasteiger partial charge on any atom is 0.161 e. The molecule has 2 N–H and O–H groups in total. The topological polar surface area (TPSA) is 114 Å². The first-order chi connectivity index (χ1) is 17.8. The fraction of sp³-hybridized carbons (Fsp3) is 0.538. The van der Waals surface area contributed by atoms with Crippen LogP contribution in [0.1, 0.15) is 11.1 Å². The summed E-state index contributed by atoms with van der Waals surface area (Å²) in [4.78, 5) is 0. The van der Waals surface area contributed by atoms with Gasteiger partial charge in [-0.1, -0.05) is 12.1 Å². The van der Waals surface area contributed by atoms with Crippen LogP contribution in [0.4, 0.5) is 0 Å². The minimum Gasteiger partial charge on any atom is -0.487 e. The van der Waals surface area contributed by atoms with E-state index in [0.717, 1.165) is 11.1 Å². The summed E-state index contributed by atoms with van der Waals surface area (Å²) in [6.45, 7) is 4.37. The number of hydrogen-bond donors (Lipinski definition) is 2. The lowest BCUT2D eigenvalue weighted by Gasteiger charge is -2.15. The van der Waals surface area contributed by atoms with Crippen molar-refractivity contribution in [3.8, 4) is 23.0 Å². The first-order valence-electron chi connectivity index (χ1n) is 12.1. The van der Waals surface area contributed by atoms with Crippen LogP contribution in [0.2, 0.25) is 0 Å². The highest BCUT2D eigenvalue weighted by Crippen LogP contribution is 2.29. The van der Waals surface area contributed by atoms with Crippen molar-refractivity contribution >= 4 is 0 Å². The lowest BCUT2D eigenvalue weighted by atomic mass is 10.2. The smallest absolute Gasteiger partial charge is 0.161 e. The van der Waals surface area contributed by atoms with E-state index in [1.807, 2.05) is 0 Å². The molecule has 10 nitrogen and oxygen atoms in total. The standard InChI is InChI=1S/C26H36O10/c27-19-21-1-3-23-25(17-21)35-15-11-31-7-8-32-12-16-36-26-18-22(20-28)2-4-24(26)34-14-10-30-6-5-29-9-13-33-23/h1-4,17-18,27-28H,5-16,19-20H2. The van der Waals surface area contributed by atoms with E-state index < -0.39 is 0 Å². The fourth-order valence-corrected chi connectivity index (χ4v) is 3.25. The number of rotatable bonds is 2. The maximum absolute atomic E-state index is 9.42. The van der Waals surface area contributed by atoms with E-state index in [1.54, 1.807) is 36.4 Å². The Morgan fingerprint density at radius 1 is 0.417 bits per heavy atom. The molecule has 0 spiro atoms. The molecule has 1 aliphatic rings. The zero-order valence-corrected chi connectivity index (χ0v) is 20.5. The van der Waals surface area contributed by atoms with E-state index in [-0.39, 0.29) is 13.2 Å². The third kappa shape index (κ3) is 10.2. The van der Waals surface area contributed by atoms with E-state index in [4.69, 9.17) is 37.9 Å². The molecule has 0 atom stereocenters. The van der Waals surface area contributed by atoms with Crippen LogP contribution < -0.4 is 18.9 Å². The van der Waals surface area contributed by atoms with Crippen molar-refractivity contribution in [2.45, 2.75) is 13.2 Å². The van der Waals surface area contributed by atoms with Gasteiger partial charge in [-0.25, -0.2) is 0 Å². The van der Waals surface area contributed by atoms with Crippen molar-refractivity contribution in [2.24, 2.45) is 0 Å². The van der Waals surface area contributed by atoms with Gasteiger partial charge in [-0.05, 0) is 35.4 Å². The van der Waals surface area contributed by atoms with Crippen molar-refractivity contribution in [1.29, 1.82) is 0 Å². The second-order valence-corrected chi connectivity index (χ2v) is 7.72. The van der Waals surface area contributed by atoms with Crippen molar-refractivity contribution in [1.82, 2.24) is 0 Å². The molecule has 0 unspecified atom stereocenters. The molecule has 0 saturated heterocycles. The molecule has 2 aromatic carbocycles. The first-order valence-corrected chi connectivity index (χ1v) is 12.1. The van der Waals surface area contributed by atoms with Gasteiger partial charge < -0.3 is 48.1 Å². The number of aliphatic hydroxyl groups excluding tert-OH is 2. The Bertz CT molecular complexity index is 804. The minimum absolute atomic E-state index is 0.0868. The van der Waals surface area contributed by atoms with E-state index in [2.05, 4.69) is 0 Å². The molecular weight excluding hydrogens is 472 g/mol. The Balaban J connectivity index is 1.50. The first kappa shape index (κ1) is 28.0. The quantitative estimate of drug-likeness (QED) is 0.624. The molecule has 2 aromatic rings. The van der Waals surface area contributed by atoms with Crippen LogP contribution in [0.15, 0.2) is 36.4 Å². The van der Waals surface area contributed by atoms with Crippen LogP contribution in [-0.4, -0.2) is 89.5 Å². The molecule has 10 heteroatoms.